The van der Waals surface area contributed by atoms with Gasteiger partial charge in [0.1, 0.15) is 12.6 Å². The number of hydrogen-bond acceptors (Lipinski definition) is 6. The van der Waals surface area contributed by atoms with Gasteiger partial charge in [0, 0.05) is 0 Å². The number of alkyl carbamates (subject to hydrolysis) is 1. The lowest BCUT2D eigenvalue weighted by Crippen LogP contribution is -2.42. The Labute approximate surface area is 146 Å². The topological polar surface area (TPSA) is 90.9 Å². The Kier molecular flexibility index (Phi) is 6.80. The molecule has 0 saturated heterocycles. The van der Waals surface area contributed by atoms with Gasteiger partial charge < -0.3 is 19.5 Å². The number of benzene rings is 1. The van der Waals surface area contributed by atoms with Crippen molar-refractivity contribution in [3.8, 4) is 0 Å². The van der Waals surface area contributed by atoms with E-state index in [1.165, 1.54) is 7.11 Å². The zero-order valence-corrected chi connectivity index (χ0v) is 14.4. The van der Waals surface area contributed by atoms with E-state index < -0.39 is 18.1 Å². The molecule has 7 nitrogen and oxygen atoms in total. The molecule has 25 heavy (non-hydrogen) atoms. The first-order valence-corrected chi connectivity index (χ1v) is 8.26. The Bertz CT molecular complexity index is 603. The lowest BCUT2D eigenvalue weighted by atomic mass is 10.1. The Morgan fingerprint density at radius 1 is 1.20 bits per heavy atom. The van der Waals surface area contributed by atoms with Crippen LogP contribution in [0.3, 0.4) is 0 Å². The van der Waals surface area contributed by atoms with Crippen molar-refractivity contribution < 1.29 is 28.6 Å². The average molecular weight is 349 g/mol. The summed E-state index contributed by atoms with van der Waals surface area (Å²) >= 11 is 0. The van der Waals surface area contributed by atoms with E-state index in [0.29, 0.717) is 19.4 Å². The van der Waals surface area contributed by atoms with Crippen molar-refractivity contribution in [3.05, 3.63) is 35.9 Å². The van der Waals surface area contributed by atoms with Crippen molar-refractivity contribution in [1.82, 2.24) is 5.32 Å². The van der Waals surface area contributed by atoms with Crippen LogP contribution in [0.1, 0.15) is 25.3 Å². The first-order valence-electron chi connectivity index (χ1n) is 8.26. The number of carbonyl (C=O) groups excluding carboxylic acids is 3. The maximum atomic E-state index is 11.9. The molecule has 1 saturated carbocycles. The molecule has 1 N–H and O–H groups in total. The van der Waals surface area contributed by atoms with Gasteiger partial charge in [0.2, 0.25) is 0 Å². The zero-order valence-electron chi connectivity index (χ0n) is 14.4. The number of methoxy groups -OCH3 is 1. The van der Waals surface area contributed by atoms with Crippen LogP contribution in [0.4, 0.5) is 4.79 Å². The molecule has 0 aliphatic heterocycles. The van der Waals surface area contributed by atoms with Gasteiger partial charge in [0.05, 0.1) is 19.6 Å². The molecule has 0 spiro atoms. The standard InChI is InChI=1S/C18H23NO6/c1-3-24-16(20)14-9-13(14)10-15(17(21)23-2)19-18(22)25-11-12-7-5-4-6-8-12/h4-8,13-15H,3,9-11H2,1-2H3,(H,19,22)/t13-,14-,15+/m1/s1. The van der Waals surface area contributed by atoms with Crippen molar-refractivity contribution in [1.29, 1.82) is 0 Å². The lowest BCUT2D eigenvalue weighted by Gasteiger charge is -2.16. The summed E-state index contributed by atoms with van der Waals surface area (Å²) in [4.78, 5) is 35.5. The summed E-state index contributed by atoms with van der Waals surface area (Å²) in [7, 11) is 1.25. The first-order chi connectivity index (χ1) is 12.0. The minimum Gasteiger partial charge on any atom is -0.467 e. The molecule has 0 unspecified atom stereocenters. The largest absolute Gasteiger partial charge is 0.467 e. The molecule has 2 rings (SSSR count). The van der Waals surface area contributed by atoms with Crippen molar-refractivity contribution in [2.24, 2.45) is 11.8 Å². The number of carbonyl (C=O) groups is 3. The van der Waals surface area contributed by atoms with Crippen molar-refractivity contribution in [2.75, 3.05) is 13.7 Å². The number of amides is 1. The molecule has 0 aromatic heterocycles. The van der Waals surface area contributed by atoms with E-state index in [1.807, 2.05) is 30.3 Å². The summed E-state index contributed by atoms with van der Waals surface area (Å²) in [6.45, 7) is 2.18. The molecule has 1 aromatic rings. The predicted octanol–water partition coefficient (Wildman–Crippen LogP) is 2.04. The molecule has 0 radical (unpaired) electrons. The third-order valence-corrected chi connectivity index (χ3v) is 4.04. The van der Waals surface area contributed by atoms with Crippen LogP contribution in [0, 0.1) is 11.8 Å². The molecule has 1 aliphatic rings. The van der Waals surface area contributed by atoms with Gasteiger partial charge in [-0.05, 0) is 31.2 Å². The van der Waals surface area contributed by atoms with E-state index in [9.17, 15) is 14.4 Å². The van der Waals surface area contributed by atoms with E-state index >= 15 is 0 Å². The minimum atomic E-state index is -0.849. The lowest BCUT2D eigenvalue weighted by molar-refractivity contribution is -0.146. The fourth-order valence-corrected chi connectivity index (χ4v) is 2.61. The molecule has 0 heterocycles. The fourth-order valence-electron chi connectivity index (χ4n) is 2.61. The molecule has 0 bridgehead atoms. The molecule has 7 heteroatoms. The molecular weight excluding hydrogens is 326 g/mol. The van der Waals surface area contributed by atoms with Gasteiger partial charge in [0.15, 0.2) is 0 Å². The van der Waals surface area contributed by atoms with Gasteiger partial charge in [-0.15, -0.1) is 0 Å². The number of esters is 2. The van der Waals surface area contributed by atoms with Crippen LogP contribution in [0.15, 0.2) is 30.3 Å². The number of ether oxygens (including phenoxy) is 3. The summed E-state index contributed by atoms with van der Waals surface area (Å²) in [5, 5.41) is 2.51. The predicted molar refractivity (Wildman–Crippen MR) is 88.4 cm³/mol. The molecule has 136 valence electrons. The van der Waals surface area contributed by atoms with E-state index in [4.69, 9.17) is 14.2 Å². The Balaban J connectivity index is 1.82. The fraction of sp³-hybridized carbons (Fsp3) is 0.500. The number of nitrogens with one attached hydrogen (secondary N) is 1. The highest BCUT2D eigenvalue weighted by Gasteiger charge is 2.46. The summed E-state index contributed by atoms with van der Waals surface area (Å²) in [6.07, 6.45) is 0.261. The smallest absolute Gasteiger partial charge is 0.408 e. The maximum absolute atomic E-state index is 11.9. The average Bonchev–Trinajstić information content (AvgIpc) is 3.39. The summed E-state index contributed by atoms with van der Waals surface area (Å²) in [5.41, 5.74) is 0.844. The summed E-state index contributed by atoms with van der Waals surface area (Å²) < 4.78 is 14.8. The van der Waals surface area contributed by atoms with Crippen LogP contribution in [0.25, 0.3) is 0 Å². The van der Waals surface area contributed by atoms with E-state index in [1.54, 1.807) is 6.92 Å². The second-order valence-electron chi connectivity index (χ2n) is 5.87. The van der Waals surface area contributed by atoms with Crippen LogP contribution >= 0.6 is 0 Å². The SMILES string of the molecule is CCOC(=O)[C@@H]1C[C@@H]1C[C@H](NC(=O)OCc1ccccc1)C(=O)OC. The quantitative estimate of drug-likeness (QED) is 0.570. The van der Waals surface area contributed by atoms with E-state index in [2.05, 4.69) is 5.32 Å². The van der Waals surface area contributed by atoms with Crippen LogP contribution in [-0.4, -0.2) is 37.8 Å². The molecule has 3 atom stereocenters. The van der Waals surface area contributed by atoms with Crippen molar-refractivity contribution in [3.63, 3.8) is 0 Å². The zero-order chi connectivity index (χ0) is 18.2. The van der Waals surface area contributed by atoms with Gasteiger partial charge in [-0.3, -0.25) is 4.79 Å². The van der Waals surface area contributed by atoms with Crippen LogP contribution in [0.2, 0.25) is 0 Å². The van der Waals surface area contributed by atoms with Crippen LogP contribution in [0.5, 0.6) is 0 Å². The molecule has 1 amide bonds. The second kappa shape index (κ2) is 9.05. The highest BCUT2D eigenvalue weighted by atomic mass is 16.6. The molecule has 1 fully saturated rings. The van der Waals surface area contributed by atoms with Gasteiger partial charge in [-0.25, -0.2) is 9.59 Å². The third kappa shape index (κ3) is 5.77. The summed E-state index contributed by atoms with van der Waals surface area (Å²) in [6, 6.07) is 8.37. The third-order valence-electron chi connectivity index (χ3n) is 4.04. The van der Waals surface area contributed by atoms with Gasteiger partial charge in [-0.2, -0.15) is 0 Å². The second-order valence-corrected chi connectivity index (χ2v) is 5.87. The van der Waals surface area contributed by atoms with Crippen LogP contribution in [-0.2, 0) is 30.4 Å². The molecule has 1 aromatic carbocycles. The monoisotopic (exact) mass is 349 g/mol. The highest BCUT2D eigenvalue weighted by Crippen LogP contribution is 2.43. The normalized spacial score (nSPS) is 19.4. The Hall–Kier alpha value is -2.57. The van der Waals surface area contributed by atoms with Crippen LogP contribution < -0.4 is 5.32 Å². The Morgan fingerprint density at radius 2 is 1.92 bits per heavy atom. The molecule has 1 aliphatic carbocycles. The van der Waals surface area contributed by atoms with Gasteiger partial charge in [-0.1, -0.05) is 30.3 Å². The van der Waals surface area contributed by atoms with Crippen molar-refractivity contribution >= 4 is 18.0 Å². The number of rotatable bonds is 8. The maximum Gasteiger partial charge on any atom is 0.408 e. The molecular formula is C18H23NO6. The van der Waals surface area contributed by atoms with E-state index in [0.717, 1.165) is 5.56 Å². The van der Waals surface area contributed by atoms with Gasteiger partial charge in [0.25, 0.3) is 0 Å². The summed E-state index contributed by atoms with van der Waals surface area (Å²) in [5.74, 6) is -1.04. The van der Waals surface area contributed by atoms with Crippen molar-refractivity contribution in [2.45, 2.75) is 32.4 Å². The Morgan fingerprint density at radius 3 is 2.56 bits per heavy atom. The first kappa shape index (κ1) is 18.8. The van der Waals surface area contributed by atoms with Gasteiger partial charge >= 0.3 is 18.0 Å². The minimum absolute atomic E-state index is 0.00225. The van der Waals surface area contributed by atoms with E-state index in [-0.39, 0.29) is 24.4 Å². The number of hydrogen-bond donors (Lipinski definition) is 1. The highest BCUT2D eigenvalue weighted by molar-refractivity contribution is 5.82.